The minimum absolute atomic E-state index is 0. The monoisotopic (exact) mass is 491 g/mol. The lowest BCUT2D eigenvalue weighted by molar-refractivity contribution is -0.0813. The fourth-order valence-electron chi connectivity index (χ4n) is 3.92. The molecule has 2 aromatic rings. The van der Waals surface area contributed by atoms with Gasteiger partial charge in [0.1, 0.15) is 6.61 Å². The van der Waals surface area contributed by atoms with Crippen LogP contribution in [0.3, 0.4) is 0 Å². The molecule has 4 rings (SSSR count). The lowest BCUT2D eigenvalue weighted by Crippen LogP contribution is -2.40. The minimum Gasteiger partial charge on any atom is -0.488 e. The zero-order valence-electron chi connectivity index (χ0n) is 20.5. The maximum atomic E-state index is 13.3. The molecule has 0 spiro atoms. The van der Waals surface area contributed by atoms with Gasteiger partial charge in [0.05, 0.1) is 37.3 Å². The number of hydrogen-bond donors (Lipinski definition) is 1. The van der Waals surface area contributed by atoms with Gasteiger partial charge in [-0.05, 0) is 23.1 Å². The van der Waals surface area contributed by atoms with Gasteiger partial charge in [-0.25, -0.2) is 13.8 Å². The third-order valence-electron chi connectivity index (χ3n) is 5.92. The van der Waals surface area contributed by atoms with Crippen molar-refractivity contribution in [2.24, 2.45) is 5.41 Å². The minimum atomic E-state index is -2.56. The van der Waals surface area contributed by atoms with E-state index in [1.807, 2.05) is 15.9 Å². The number of rotatable bonds is 7. The van der Waals surface area contributed by atoms with Crippen molar-refractivity contribution in [2.75, 3.05) is 44.4 Å². The first kappa shape index (κ1) is 25.2. The number of fused-ring (bicyclic) bond motifs is 1. The summed E-state index contributed by atoms with van der Waals surface area (Å²) in [5, 5.41) is 2.95. The average molecular weight is 492 g/mol. The molecule has 0 atom stereocenters. The van der Waals surface area contributed by atoms with Crippen molar-refractivity contribution in [1.82, 2.24) is 20.2 Å². The number of halogens is 2. The third-order valence-corrected chi connectivity index (χ3v) is 5.92. The van der Waals surface area contributed by atoms with E-state index in [2.05, 4.69) is 36.1 Å². The smallest absolute Gasteiger partial charge is 0.252 e. The Labute approximate surface area is 206 Å². The summed E-state index contributed by atoms with van der Waals surface area (Å²) >= 11 is 0. The average Bonchev–Trinajstić information content (AvgIpc) is 2.82. The number of nitrogens with one attached hydrogen (secondary N) is 1. The quantitative estimate of drug-likeness (QED) is 0.621. The van der Waals surface area contributed by atoms with Crippen LogP contribution in [0.25, 0.3) is 0 Å². The van der Waals surface area contributed by atoms with Crippen LogP contribution in [0.15, 0.2) is 30.7 Å². The molecule has 2 aliphatic rings. The molecule has 0 radical (unpaired) electrons. The number of piperidine rings is 1. The second-order valence-corrected chi connectivity index (χ2v) is 10.3. The van der Waals surface area contributed by atoms with Gasteiger partial charge in [0.25, 0.3) is 11.8 Å². The van der Waals surface area contributed by atoms with E-state index in [1.54, 1.807) is 24.7 Å². The molecule has 10 heteroatoms. The summed E-state index contributed by atoms with van der Waals surface area (Å²) in [6.07, 6.45) is 4.72. The van der Waals surface area contributed by atoms with Crippen molar-refractivity contribution in [3.05, 3.63) is 41.9 Å². The zero-order valence-corrected chi connectivity index (χ0v) is 20.5. The van der Waals surface area contributed by atoms with Crippen LogP contribution in [0.5, 0.6) is 5.75 Å². The van der Waals surface area contributed by atoms with E-state index in [9.17, 15) is 13.6 Å². The number of hydrogen-bond acceptors (Lipinski definition) is 7. The second-order valence-electron chi connectivity index (χ2n) is 10.3. The van der Waals surface area contributed by atoms with Gasteiger partial charge >= 0.3 is 0 Å². The number of carbonyl (C=O) groups is 1. The number of likely N-dealkylation sites (tertiary alicyclic amines) is 1. The van der Waals surface area contributed by atoms with Crippen LogP contribution in [-0.2, 0) is 11.3 Å². The number of aromatic nitrogens is 2. The number of nitrogens with zero attached hydrogens (tertiary/aromatic N) is 4. The molecule has 0 aliphatic carbocycles. The van der Waals surface area contributed by atoms with E-state index in [0.29, 0.717) is 63.3 Å². The highest BCUT2D eigenvalue weighted by atomic mass is 19.3. The molecule has 0 aromatic carbocycles. The van der Waals surface area contributed by atoms with Crippen molar-refractivity contribution >= 4 is 17.4 Å². The molecular weight excluding hydrogens is 456 g/mol. The molecule has 0 unspecified atom stereocenters. The first-order valence-electron chi connectivity index (χ1n) is 11.9. The standard InChI is InChI=1S/C25H33F2N5O3.H2/c1-24(2,3)16-30-23(33)19-11-20(14-28-13-19)32-8-9-35-21-10-18(12-29-22(21)32)15-34-17-31-6-4-25(26,27)5-7-31;/h10-14H,4-9,15-17H2,1-3H3,(H,30,33);1H. The van der Waals surface area contributed by atoms with Gasteiger partial charge in [0, 0.05) is 46.3 Å². The maximum Gasteiger partial charge on any atom is 0.252 e. The maximum absolute atomic E-state index is 13.3. The third kappa shape index (κ3) is 6.85. The summed E-state index contributed by atoms with van der Waals surface area (Å²) in [7, 11) is 0. The molecule has 8 nitrogen and oxygen atoms in total. The van der Waals surface area contributed by atoms with Crippen molar-refractivity contribution in [2.45, 2.75) is 46.1 Å². The van der Waals surface area contributed by atoms with E-state index in [1.165, 1.54) is 0 Å². The Bertz CT molecular complexity index is 1040. The summed E-state index contributed by atoms with van der Waals surface area (Å²) in [6.45, 7) is 9.05. The van der Waals surface area contributed by atoms with E-state index in [4.69, 9.17) is 9.47 Å². The predicted octanol–water partition coefficient (Wildman–Crippen LogP) is 4.23. The second kappa shape index (κ2) is 10.4. The fourth-order valence-corrected chi connectivity index (χ4v) is 3.92. The first-order chi connectivity index (χ1) is 16.6. The van der Waals surface area contributed by atoms with Crippen molar-refractivity contribution < 1.29 is 24.5 Å². The fraction of sp³-hybridized carbons (Fsp3) is 0.560. The molecule has 1 N–H and O–H groups in total. The number of carbonyl (C=O) groups excluding carboxylic acids is 1. The molecule has 4 heterocycles. The molecular formula is C25H35F2N5O3. The Morgan fingerprint density at radius 1 is 1.20 bits per heavy atom. The van der Waals surface area contributed by atoms with Crippen molar-refractivity contribution in [3.8, 4) is 5.75 Å². The van der Waals surface area contributed by atoms with E-state index in [-0.39, 0.29) is 25.6 Å². The number of alkyl halides is 2. The highest BCUT2D eigenvalue weighted by Crippen LogP contribution is 2.35. The van der Waals surface area contributed by atoms with Crippen LogP contribution in [0.2, 0.25) is 0 Å². The summed E-state index contributed by atoms with van der Waals surface area (Å²) < 4.78 is 38.2. The van der Waals surface area contributed by atoms with Gasteiger partial charge in [-0.2, -0.15) is 0 Å². The van der Waals surface area contributed by atoms with Crippen LogP contribution < -0.4 is 15.0 Å². The first-order valence-corrected chi connectivity index (χ1v) is 11.9. The highest BCUT2D eigenvalue weighted by Gasteiger charge is 2.33. The Balaban J connectivity index is 0.00000361. The van der Waals surface area contributed by atoms with Gasteiger partial charge in [-0.1, -0.05) is 20.8 Å². The SMILES string of the molecule is CC(C)(C)CNC(=O)c1cncc(N2CCOc3cc(COCN4CCC(F)(F)CC4)cnc32)c1.[HH]. The van der Waals surface area contributed by atoms with E-state index >= 15 is 0 Å². The molecule has 1 fully saturated rings. The number of anilines is 2. The van der Waals surface area contributed by atoms with E-state index < -0.39 is 5.92 Å². The molecule has 0 saturated carbocycles. The predicted molar refractivity (Wildman–Crippen MR) is 130 cm³/mol. The lowest BCUT2D eigenvalue weighted by Gasteiger charge is -2.31. The highest BCUT2D eigenvalue weighted by molar-refractivity contribution is 5.95. The number of amides is 1. The normalized spacial score (nSPS) is 18.0. The number of ether oxygens (including phenoxy) is 2. The summed E-state index contributed by atoms with van der Waals surface area (Å²) in [5.41, 5.74) is 2.07. The molecule has 0 bridgehead atoms. The molecule has 2 aliphatic heterocycles. The molecule has 1 amide bonds. The Morgan fingerprint density at radius 2 is 1.97 bits per heavy atom. The van der Waals surface area contributed by atoms with Crippen LogP contribution >= 0.6 is 0 Å². The molecule has 192 valence electrons. The van der Waals surface area contributed by atoms with Crippen LogP contribution in [0.4, 0.5) is 20.3 Å². The summed E-state index contributed by atoms with van der Waals surface area (Å²) in [5.74, 6) is -1.46. The van der Waals surface area contributed by atoms with Gasteiger partial charge in [-0.3, -0.25) is 14.7 Å². The van der Waals surface area contributed by atoms with Crippen molar-refractivity contribution in [3.63, 3.8) is 0 Å². The molecule has 2 aromatic heterocycles. The van der Waals surface area contributed by atoms with Gasteiger partial charge in [0.2, 0.25) is 0 Å². The molecule has 35 heavy (non-hydrogen) atoms. The Kier molecular flexibility index (Phi) is 7.51. The molecule has 1 saturated heterocycles. The number of pyridine rings is 2. The lowest BCUT2D eigenvalue weighted by atomic mass is 9.97. The van der Waals surface area contributed by atoms with Gasteiger partial charge < -0.3 is 19.7 Å². The van der Waals surface area contributed by atoms with Gasteiger partial charge in [-0.15, -0.1) is 0 Å². The summed E-state index contributed by atoms with van der Waals surface area (Å²) in [4.78, 5) is 25.3. The topological polar surface area (TPSA) is 79.8 Å². The van der Waals surface area contributed by atoms with Crippen LogP contribution in [0, 0.1) is 5.41 Å². The van der Waals surface area contributed by atoms with Crippen LogP contribution in [-0.4, -0.2) is 66.2 Å². The van der Waals surface area contributed by atoms with Gasteiger partial charge in [0.15, 0.2) is 11.6 Å². The van der Waals surface area contributed by atoms with Crippen molar-refractivity contribution in [1.29, 1.82) is 0 Å². The van der Waals surface area contributed by atoms with Crippen LogP contribution in [0.1, 0.15) is 51.0 Å². The largest absolute Gasteiger partial charge is 0.488 e. The Morgan fingerprint density at radius 3 is 2.71 bits per heavy atom. The summed E-state index contributed by atoms with van der Waals surface area (Å²) in [6, 6.07) is 3.69. The van der Waals surface area contributed by atoms with E-state index in [0.717, 1.165) is 11.3 Å². The zero-order chi connectivity index (χ0) is 25.1. The Hall–Kier alpha value is -2.85.